The van der Waals surface area contributed by atoms with Crippen molar-refractivity contribution in [3.63, 3.8) is 0 Å². The summed E-state index contributed by atoms with van der Waals surface area (Å²) in [6.45, 7) is 4.03. The van der Waals surface area contributed by atoms with E-state index in [1.54, 1.807) is 17.6 Å². The number of carbonyl (C=O) groups excluding carboxylic acids is 1. The van der Waals surface area contributed by atoms with Crippen molar-refractivity contribution in [2.75, 3.05) is 0 Å². The second-order valence-corrected chi connectivity index (χ2v) is 8.24. The summed E-state index contributed by atoms with van der Waals surface area (Å²) in [5.74, 6) is -0.711. The van der Waals surface area contributed by atoms with Gasteiger partial charge in [-0.2, -0.15) is 0 Å². The van der Waals surface area contributed by atoms with Crippen LogP contribution in [0.5, 0.6) is 0 Å². The third-order valence-corrected chi connectivity index (χ3v) is 6.43. The molecule has 0 aliphatic carbocycles. The molecule has 3 aromatic rings. The molecule has 142 valence electrons. The highest BCUT2D eigenvalue weighted by Crippen LogP contribution is 2.40. The van der Waals surface area contributed by atoms with E-state index >= 15 is 0 Å². The summed E-state index contributed by atoms with van der Waals surface area (Å²) < 4.78 is 7.69. The first kappa shape index (κ1) is 17.6. The normalized spacial score (nSPS) is 19.9. The minimum absolute atomic E-state index is 0.118. The molecular formula is C21H17BrN2O4. The molecule has 1 atom stereocenters. The Bertz CT molecular complexity index is 1260. The number of hydrogen-bond acceptors (Lipinski definition) is 5. The van der Waals surface area contributed by atoms with Crippen molar-refractivity contribution in [3.05, 3.63) is 61.3 Å². The molecule has 2 aromatic heterocycles. The maximum atomic E-state index is 13.2. The van der Waals surface area contributed by atoms with E-state index in [1.165, 1.54) is 0 Å². The van der Waals surface area contributed by atoms with E-state index < -0.39 is 11.6 Å². The second kappa shape index (κ2) is 5.75. The van der Waals surface area contributed by atoms with E-state index in [9.17, 15) is 14.7 Å². The van der Waals surface area contributed by atoms with E-state index in [0.29, 0.717) is 23.4 Å². The first-order valence-electron chi connectivity index (χ1n) is 9.11. The van der Waals surface area contributed by atoms with Gasteiger partial charge < -0.3 is 14.4 Å². The van der Waals surface area contributed by atoms with Gasteiger partial charge in [-0.1, -0.05) is 28.9 Å². The lowest BCUT2D eigenvalue weighted by Gasteiger charge is -2.31. The summed E-state index contributed by atoms with van der Waals surface area (Å²) in [4.78, 5) is 30.2. The molecule has 0 unspecified atom stereocenters. The summed E-state index contributed by atoms with van der Waals surface area (Å²) in [6, 6.07) is 7.67. The van der Waals surface area contributed by atoms with Gasteiger partial charge in [0.2, 0.25) is 0 Å². The van der Waals surface area contributed by atoms with Crippen molar-refractivity contribution in [1.29, 1.82) is 0 Å². The number of fused-ring (bicyclic) bond motifs is 5. The van der Waals surface area contributed by atoms with Gasteiger partial charge in [0.1, 0.15) is 6.61 Å². The molecule has 1 N–H and O–H groups in total. The van der Waals surface area contributed by atoms with Crippen molar-refractivity contribution in [2.45, 2.75) is 39.0 Å². The number of benzene rings is 1. The maximum absolute atomic E-state index is 13.2. The monoisotopic (exact) mass is 440 g/mol. The van der Waals surface area contributed by atoms with Crippen LogP contribution in [0.2, 0.25) is 0 Å². The molecule has 0 saturated carbocycles. The third-order valence-electron chi connectivity index (χ3n) is 5.94. The van der Waals surface area contributed by atoms with Crippen LogP contribution in [-0.2, 0) is 28.3 Å². The van der Waals surface area contributed by atoms with E-state index in [0.717, 1.165) is 32.2 Å². The van der Waals surface area contributed by atoms with Crippen molar-refractivity contribution in [2.24, 2.45) is 0 Å². The molecule has 0 bridgehead atoms. The van der Waals surface area contributed by atoms with Crippen molar-refractivity contribution in [3.8, 4) is 11.4 Å². The Morgan fingerprint density at radius 1 is 1.29 bits per heavy atom. The number of ether oxygens (including phenoxy) is 1. The molecule has 7 heteroatoms. The number of rotatable bonds is 1. The summed E-state index contributed by atoms with van der Waals surface area (Å²) in [5.41, 5.74) is 2.87. The Balaban J connectivity index is 1.84. The van der Waals surface area contributed by atoms with Crippen LogP contribution < -0.4 is 5.56 Å². The fourth-order valence-corrected chi connectivity index (χ4v) is 4.61. The Kier molecular flexibility index (Phi) is 3.61. The third kappa shape index (κ3) is 2.14. The number of cyclic esters (lactones) is 1. The van der Waals surface area contributed by atoms with Crippen LogP contribution in [-0.4, -0.2) is 20.6 Å². The van der Waals surface area contributed by atoms with Crippen molar-refractivity contribution < 1.29 is 14.6 Å². The number of nitrogens with zero attached hydrogens (tertiary/aromatic N) is 2. The maximum Gasteiger partial charge on any atom is 0.343 e. The van der Waals surface area contributed by atoms with E-state index in [-0.39, 0.29) is 18.6 Å². The topological polar surface area (TPSA) is 81.4 Å². The highest BCUT2D eigenvalue weighted by molar-refractivity contribution is 9.10. The number of aryl methyl sites for hydroxylation is 1. The minimum Gasteiger partial charge on any atom is -0.458 e. The van der Waals surface area contributed by atoms with Gasteiger partial charge >= 0.3 is 5.97 Å². The van der Waals surface area contributed by atoms with Gasteiger partial charge in [0, 0.05) is 21.0 Å². The van der Waals surface area contributed by atoms with E-state index in [1.807, 2.05) is 25.1 Å². The van der Waals surface area contributed by atoms with Crippen molar-refractivity contribution in [1.82, 2.24) is 9.55 Å². The van der Waals surface area contributed by atoms with Crippen LogP contribution in [0.4, 0.5) is 0 Å². The zero-order valence-electron chi connectivity index (χ0n) is 15.4. The zero-order valence-corrected chi connectivity index (χ0v) is 17.0. The van der Waals surface area contributed by atoms with Gasteiger partial charge in [0.05, 0.1) is 29.0 Å². The Morgan fingerprint density at radius 3 is 2.82 bits per heavy atom. The fraction of sp³-hybridized carbons (Fsp3) is 0.286. The summed E-state index contributed by atoms with van der Waals surface area (Å²) >= 11 is 3.48. The molecule has 0 saturated heterocycles. The number of esters is 1. The zero-order chi connectivity index (χ0) is 19.8. The number of aromatic nitrogens is 2. The van der Waals surface area contributed by atoms with Crippen LogP contribution >= 0.6 is 15.9 Å². The Hall–Kier alpha value is -2.51. The molecule has 6 nitrogen and oxygen atoms in total. The number of pyridine rings is 2. The lowest BCUT2D eigenvalue weighted by molar-refractivity contribution is -0.172. The van der Waals surface area contributed by atoms with Gasteiger partial charge in [0.25, 0.3) is 5.56 Å². The Morgan fingerprint density at radius 2 is 2.07 bits per heavy atom. The molecule has 0 amide bonds. The summed E-state index contributed by atoms with van der Waals surface area (Å²) in [5, 5.41) is 12.0. The summed E-state index contributed by atoms with van der Waals surface area (Å²) in [6.07, 6.45) is 0.131. The van der Waals surface area contributed by atoms with Crippen LogP contribution in [0.15, 0.2) is 33.5 Å². The van der Waals surface area contributed by atoms with Gasteiger partial charge in [-0.05, 0) is 37.1 Å². The molecule has 2 aliphatic rings. The van der Waals surface area contributed by atoms with Crippen LogP contribution in [0.1, 0.15) is 35.6 Å². The lowest BCUT2D eigenvalue weighted by Crippen LogP contribution is -2.44. The van der Waals surface area contributed by atoms with Crippen LogP contribution in [0, 0.1) is 6.92 Å². The average molecular weight is 441 g/mol. The standard InChI is InChI=1S/C21H17BrN2O4/c1-3-21(27)15-7-17-18-13(8-24(17)19(25)14(15)9-28-20(21)26)10(2)12-5-4-11(22)6-16(12)23-18/h4-7,27H,3,8-9H2,1-2H3/t21-/m0/s1. The molecule has 4 heterocycles. The first-order chi connectivity index (χ1) is 13.3. The molecule has 0 fully saturated rings. The predicted molar refractivity (Wildman–Crippen MR) is 107 cm³/mol. The minimum atomic E-state index is -1.81. The molecule has 5 rings (SSSR count). The van der Waals surface area contributed by atoms with Gasteiger partial charge in [0.15, 0.2) is 5.60 Å². The average Bonchev–Trinajstić information content (AvgIpc) is 3.04. The van der Waals surface area contributed by atoms with Crippen LogP contribution in [0.25, 0.3) is 22.3 Å². The van der Waals surface area contributed by atoms with Crippen LogP contribution in [0.3, 0.4) is 0 Å². The molecule has 0 spiro atoms. The van der Waals surface area contributed by atoms with Crippen molar-refractivity contribution >= 4 is 32.8 Å². The molecule has 2 aliphatic heterocycles. The number of hydrogen-bond donors (Lipinski definition) is 1. The number of carbonyl (C=O) groups is 1. The highest BCUT2D eigenvalue weighted by Gasteiger charge is 2.45. The van der Waals surface area contributed by atoms with E-state index in [2.05, 4.69) is 15.9 Å². The van der Waals surface area contributed by atoms with Gasteiger partial charge in [-0.15, -0.1) is 0 Å². The highest BCUT2D eigenvalue weighted by atomic mass is 79.9. The molecule has 1 aromatic carbocycles. The van der Waals surface area contributed by atoms with Gasteiger partial charge in [-0.25, -0.2) is 9.78 Å². The smallest absolute Gasteiger partial charge is 0.343 e. The summed E-state index contributed by atoms with van der Waals surface area (Å²) in [7, 11) is 0. The molecule has 28 heavy (non-hydrogen) atoms. The lowest BCUT2D eigenvalue weighted by atomic mass is 9.86. The number of aliphatic hydroxyl groups is 1. The SMILES string of the molecule is CC[C@@]1(O)C(=O)OCc2c1cc1n(c2=O)Cc2c-1nc1cc(Br)ccc1c2C. The molecule has 0 radical (unpaired) electrons. The fourth-order valence-electron chi connectivity index (χ4n) is 4.26. The second-order valence-electron chi connectivity index (χ2n) is 7.33. The number of halogens is 1. The van der Waals surface area contributed by atoms with Gasteiger partial charge in [-0.3, -0.25) is 4.79 Å². The molecular weight excluding hydrogens is 424 g/mol. The van der Waals surface area contributed by atoms with E-state index in [4.69, 9.17) is 9.72 Å². The largest absolute Gasteiger partial charge is 0.458 e. The predicted octanol–water partition coefficient (Wildman–Crippen LogP) is 3.15. The first-order valence-corrected chi connectivity index (χ1v) is 9.90. The Labute approximate surface area is 168 Å². The quantitative estimate of drug-likeness (QED) is 0.459.